The van der Waals surface area contributed by atoms with Crippen LogP contribution in [0.5, 0.6) is 17.2 Å². The number of rotatable bonds is 7. The number of piperazine rings is 1. The van der Waals surface area contributed by atoms with Gasteiger partial charge in [0, 0.05) is 23.7 Å². The molecule has 0 aromatic heterocycles. The van der Waals surface area contributed by atoms with Crippen molar-refractivity contribution in [2.75, 3.05) is 58.9 Å². The summed E-state index contributed by atoms with van der Waals surface area (Å²) in [6, 6.07) is 12.0. The number of ether oxygens (including phenoxy) is 3. The number of carbonyl (C=O) groups is 1. The molecule has 7 nitrogen and oxygen atoms in total. The van der Waals surface area contributed by atoms with Crippen LogP contribution in [-0.2, 0) is 17.8 Å². The molecule has 1 saturated heterocycles. The molecular formula is C23H31N3O4+2. The highest BCUT2D eigenvalue weighted by molar-refractivity contribution is 5.91. The van der Waals surface area contributed by atoms with Crippen molar-refractivity contribution in [3.05, 3.63) is 47.5 Å². The Morgan fingerprint density at radius 2 is 1.77 bits per heavy atom. The zero-order chi connectivity index (χ0) is 20.9. The highest BCUT2D eigenvalue weighted by Crippen LogP contribution is 2.29. The van der Waals surface area contributed by atoms with Crippen LogP contribution in [0.1, 0.15) is 11.1 Å². The molecule has 0 aliphatic carbocycles. The maximum absolute atomic E-state index is 12.5. The molecule has 4 rings (SSSR count). The number of carbonyl (C=O) groups excluding carboxylic acids is 1. The maximum Gasteiger partial charge on any atom is 0.279 e. The molecule has 2 heterocycles. The van der Waals surface area contributed by atoms with Crippen molar-refractivity contribution in [3.63, 3.8) is 0 Å². The summed E-state index contributed by atoms with van der Waals surface area (Å²) in [6.07, 6.45) is 1.02. The van der Waals surface area contributed by atoms with Crippen molar-refractivity contribution in [1.82, 2.24) is 0 Å². The molecule has 3 N–H and O–H groups in total. The van der Waals surface area contributed by atoms with E-state index in [1.54, 1.807) is 31.3 Å². The molecule has 2 aromatic carbocycles. The van der Waals surface area contributed by atoms with Gasteiger partial charge in [-0.25, -0.2) is 0 Å². The van der Waals surface area contributed by atoms with Gasteiger partial charge in [0.1, 0.15) is 38.5 Å². The Morgan fingerprint density at radius 1 is 1.00 bits per heavy atom. The van der Waals surface area contributed by atoms with Gasteiger partial charge in [0.2, 0.25) is 0 Å². The molecule has 160 valence electrons. The lowest BCUT2D eigenvalue weighted by molar-refractivity contribution is -1.02. The first-order valence-corrected chi connectivity index (χ1v) is 10.6. The molecule has 30 heavy (non-hydrogen) atoms. The van der Waals surface area contributed by atoms with Crippen molar-refractivity contribution >= 4 is 11.6 Å². The van der Waals surface area contributed by atoms with Crippen LogP contribution in [0.3, 0.4) is 0 Å². The van der Waals surface area contributed by atoms with Crippen LogP contribution in [0, 0.1) is 0 Å². The minimum absolute atomic E-state index is 0.0271. The topological polar surface area (TPSA) is 65.7 Å². The van der Waals surface area contributed by atoms with Crippen LogP contribution in [0.4, 0.5) is 5.69 Å². The monoisotopic (exact) mass is 413 g/mol. The molecule has 0 spiro atoms. The van der Waals surface area contributed by atoms with Gasteiger partial charge < -0.3 is 29.3 Å². The van der Waals surface area contributed by atoms with Gasteiger partial charge in [-0.15, -0.1) is 0 Å². The molecule has 7 heteroatoms. The Kier molecular flexibility index (Phi) is 6.40. The van der Waals surface area contributed by atoms with E-state index in [9.17, 15) is 4.79 Å². The number of fused-ring (bicyclic) bond motifs is 1. The average molecular weight is 414 g/mol. The van der Waals surface area contributed by atoms with Crippen LogP contribution >= 0.6 is 0 Å². The molecule has 1 fully saturated rings. The Morgan fingerprint density at radius 3 is 2.53 bits per heavy atom. The summed E-state index contributed by atoms with van der Waals surface area (Å²) in [6.45, 7) is 6.49. The quantitative estimate of drug-likeness (QED) is 0.576. The lowest BCUT2D eigenvalue weighted by Crippen LogP contribution is -3.28. The number of quaternary nitrogens is 2. The molecule has 1 amide bonds. The number of anilines is 1. The van der Waals surface area contributed by atoms with E-state index in [2.05, 4.69) is 23.5 Å². The lowest BCUT2D eigenvalue weighted by atomic mass is 10.1. The van der Waals surface area contributed by atoms with E-state index >= 15 is 0 Å². The first-order chi connectivity index (χ1) is 14.6. The summed E-state index contributed by atoms with van der Waals surface area (Å²) in [5.41, 5.74) is 3.44. The summed E-state index contributed by atoms with van der Waals surface area (Å²) < 4.78 is 16.1. The molecule has 0 unspecified atom stereocenters. The third kappa shape index (κ3) is 4.86. The predicted molar refractivity (Wildman–Crippen MR) is 114 cm³/mol. The van der Waals surface area contributed by atoms with Gasteiger partial charge in [0.25, 0.3) is 5.91 Å². The van der Waals surface area contributed by atoms with E-state index in [1.807, 2.05) is 6.07 Å². The minimum atomic E-state index is 0.0271. The molecule has 2 aliphatic rings. The average Bonchev–Trinajstić information content (AvgIpc) is 3.23. The van der Waals surface area contributed by atoms with Crippen LogP contribution in [0.15, 0.2) is 36.4 Å². The number of benzene rings is 2. The fraction of sp³-hybridized carbons (Fsp3) is 0.435. The van der Waals surface area contributed by atoms with E-state index < -0.39 is 0 Å². The predicted octanol–water partition coefficient (Wildman–Crippen LogP) is -0.439. The largest absolute Gasteiger partial charge is 0.493 e. The zero-order valence-electron chi connectivity index (χ0n) is 17.8. The molecular weight excluding hydrogens is 382 g/mol. The number of hydrogen-bond donors (Lipinski definition) is 3. The zero-order valence-corrected chi connectivity index (χ0v) is 17.8. The van der Waals surface area contributed by atoms with Gasteiger partial charge in [-0.1, -0.05) is 0 Å². The van der Waals surface area contributed by atoms with Gasteiger partial charge in [0.15, 0.2) is 18.0 Å². The SMILES string of the molecule is COc1ccc(NC(=O)C[NH+]2CC[NH+](Cc3ccc4c(c3)CCO4)CC2)cc1OC. The van der Waals surface area contributed by atoms with Crippen LogP contribution < -0.4 is 29.3 Å². The lowest BCUT2D eigenvalue weighted by Gasteiger charge is -2.29. The summed E-state index contributed by atoms with van der Waals surface area (Å²) in [4.78, 5) is 15.4. The third-order valence-corrected chi connectivity index (χ3v) is 5.95. The van der Waals surface area contributed by atoms with Crippen molar-refractivity contribution in [1.29, 1.82) is 0 Å². The molecule has 0 bridgehead atoms. The maximum atomic E-state index is 12.5. The van der Waals surface area contributed by atoms with Crippen molar-refractivity contribution in [2.45, 2.75) is 13.0 Å². The molecule has 0 saturated carbocycles. The highest BCUT2D eigenvalue weighted by atomic mass is 16.5. The first kappa shape index (κ1) is 20.5. The third-order valence-electron chi connectivity index (χ3n) is 5.95. The number of nitrogens with one attached hydrogen (secondary N) is 3. The van der Waals surface area contributed by atoms with E-state index in [0.717, 1.165) is 57.2 Å². The number of hydrogen-bond acceptors (Lipinski definition) is 4. The Balaban J connectivity index is 1.24. The second-order valence-electron chi connectivity index (χ2n) is 8.01. The Labute approximate surface area is 177 Å². The first-order valence-electron chi connectivity index (χ1n) is 10.6. The minimum Gasteiger partial charge on any atom is -0.493 e. The normalized spacial score (nSPS) is 20.2. The van der Waals surface area contributed by atoms with E-state index in [4.69, 9.17) is 14.2 Å². The van der Waals surface area contributed by atoms with Crippen LogP contribution in [0.2, 0.25) is 0 Å². The van der Waals surface area contributed by atoms with Gasteiger partial charge in [0.05, 0.1) is 20.8 Å². The molecule has 0 radical (unpaired) electrons. The second kappa shape index (κ2) is 9.36. The van der Waals surface area contributed by atoms with Crippen molar-refractivity contribution in [3.8, 4) is 17.2 Å². The standard InChI is InChI=1S/C23H29N3O4/c1-28-21-6-4-19(14-22(21)29-2)24-23(27)16-26-10-8-25(9-11-26)15-17-3-5-20-18(13-17)7-12-30-20/h3-6,13-14H,7-12,15-16H2,1-2H3,(H,24,27)/p+2. The van der Waals surface area contributed by atoms with E-state index in [-0.39, 0.29) is 5.91 Å². The van der Waals surface area contributed by atoms with E-state index in [1.165, 1.54) is 16.0 Å². The smallest absolute Gasteiger partial charge is 0.279 e. The summed E-state index contributed by atoms with van der Waals surface area (Å²) in [5.74, 6) is 2.33. The molecule has 2 aliphatic heterocycles. The highest BCUT2D eigenvalue weighted by Gasteiger charge is 2.25. The van der Waals surface area contributed by atoms with E-state index in [0.29, 0.717) is 18.0 Å². The summed E-state index contributed by atoms with van der Waals surface area (Å²) in [5, 5.41) is 2.98. The molecule has 2 aromatic rings. The van der Waals surface area contributed by atoms with Crippen molar-refractivity contribution in [2.24, 2.45) is 0 Å². The van der Waals surface area contributed by atoms with Crippen LogP contribution in [-0.4, -0.2) is 59.5 Å². The van der Waals surface area contributed by atoms with Gasteiger partial charge in [-0.3, -0.25) is 4.79 Å². The van der Waals surface area contributed by atoms with Crippen LogP contribution in [0.25, 0.3) is 0 Å². The van der Waals surface area contributed by atoms with Gasteiger partial charge >= 0.3 is 0 Å². The van der Waals surface area contributed by atoms with Gasteiger partial charge in [-0.2, -0.15) is 0 Å². The summed E-state index contributed by atoms with van der Waals surface area (Å²) >= 11 is 0. The molecule has 0 atom stereocenters. The van der Waals surface area contributed by atoms with Crippen molar-refractivity contribution < 1.29 is 28.8 Å². The second-order valence-corrected chi connectivity index (χ2v) is 8.01. The Hall–Kier alpha value is -2.77. The van der Waals surface area contributed by atoms with Gasteiger partial charge in [-0.05, 0) is 35.9 Å². The number of methoxy groups -OCH3 is 2. The fourth-order valence-corrected chi connectivity index (χ4v) is 4.30. The fourth-order valence-electron chi connectivity index (χ4n) is 4.30. The summed E-state index contributed by atoms with van der Waals surface area (Å²) in [7, 11) is 3.19. The number of amides is 1. The Bertz CT molecular complexity index is 894.